The zero-order valence-electron chi connectivity index (χ0n) is 32.0. The predicted octanol–water partition coefficient (Wildman–Crippen LogP) is 8.83. The Morgan fingerprint density at radius 2 is 1.71 bits per heavy atom. The number of amides is 1. The maximum Gasteiger partial charge on any atom is 0.220 e. The van der Waals surface area contributed by atoms with Crippen LogP contribution >= 0.6 is 23.2 Å². The maximum absolute atomic E-state index is 15.7. The Morgan fingerprint density at radius 1 is 0.964 bits per heavy atom. The van der Waals surface area contributed by atoms with Crippen molar-refractivity contribution in [3.63, 3.8) is 0 Å². The molecule has 1 unspecified atom stereocenters. The van der Waals surface area contributed by atoms with Crippen molar-refractivity contribution in [1.29, 1.82) is 0 Å². The lowest BCUT2D eigenvalue weighted by Crippen LogP contribution is -2.35. The van der Waals surface area contributed by atoms with E-state index in [2.05, 4.69) is 22.6 Å². The van der Waals surface area contributed by atoms with E-state index in [1.807, 2.05) is 65.5 Å². The fourth-order valence-electron chi connectivity index (χ4n) is 8.34. The Hall–Kier alpha value is -4.48. The quantitative estimate of drug-likeness (QED) is 0.102. The summed E-state index contributed by atoms with van der Waals surface area (Å²) in [6, 6.07) is 19.6. The van der Waals surface area contributed by atoms with Crippen molar-refractivity contribution >= 4 is 46.3 Å². The van der Waals surface area contributed by atoms with E-state index >= 15 is 4.39 Å². The molecule has 0 radical (unpaired) electrons. The summed E-state index contributed by atoms with van der Waals surface area (Å²) in [4.78, 5) is 24.9. The molecular weight excluding hydrogens is 752 g/mol. The molecule has 1 saturated heterocycles. The van der Waals surface area contributed by atoms with Crippen LogP contribution in [0.15, 0.2) is 66.9 Å². The third-order valence-corrected chi connectivity index (χ3v) is 12.3. The molecule has 1 aromatic heterocycles. The Morgan fingerprint density at radius 3 is 2.45 bits per heavy atom. The smallest absolute Gasteiger partial charge is 0.220 e. The van der Waals surface area contributed by atoms with Gasteiger partial charge in [0, 0.05) is 77.2 Å². The molecule has 7 rings (SSSR count). The first kappa shape index (κ1) is 39.7. The first-order chi connectivity index (χ1) is 27.2. The highest BCUT2D eigenvalue weighted by atomic mass is 35.5. The molecular formula is C44H48Cl2FN5O4. The van der Waals surface area contributed by atoms with Gasteiger partial charge < -0.3 is 24.9 Å². The fraction of sp³-hybridized carbons (Fsp3) is 0.386. The molecule has 4 aromatic carbocycles. The number of halogens is 3. The van der Waals surface area contributed by atoms with Crippen molar-refractivity contribution in [2.24, 2.45) is 5.92 Å². The molecule has 2 fully saturated rings. The van der Waals surface area contributed by atoms with Gasteiger partial charge in [0.1, 0.15) is 23.6 Å². The Balaban J connectivity index is 1.10. The second-order valence-corrected chi connectivity index (χ2v) is 15.8. The van der Waals surface area contributed by atoms with Crippen LogP contribution in [0.4, 0.5) is 4.39 Å². The topological polar surface area (TPSA) is 97.7 Å². The molecule has 9 nitrogen and oxygen atoms in total. The van der Waals surface area contributed by atoms with E-state index in [9.17, 15) is 9.59 Å². The summed E-state index contributed by atoms with van der Waals surface area (Å²) in [5.41, 5.74) is 6.21. The molecule has 294 valence electrons. The van der Waals surface area contributed by atoms with Gasteiger partial charge in [-0.25, -0.2) is 4.39 Å². The second-order valence-electron chi connectivity index (χ2n) is 15.0. The van der Waals surface area contributed by atoms with Gasteiger partial charge in [0.15, 0.2) is 0 Å². The van der Waals surface area contributed by atoms with Gasteiger partial charge in [-0.3, -0.25) is 14.4 Å². The largest absolute Gasteiger partial charge is 0.496 e. The number of aldehydes is 1. The molecule has 1 aliphatic heterocycles. The molecule has 1 aliphatic carbocycles. The standard InChI is InChI=1S/C44H48Cl2FN5O4/c1-51(32-13-10-27(11-14-32)16-17-53)25-30-18-38(45)29(21-41(30)55-2)26-52-40-9-5-7-34(36(40)24-49-52)35-8-4-6-33(44(35)46)28-19-39(47)37(42(20-28)56-3)23-48-22-31-12-15-43(54)50-31/h4-9,17-21,24,27,31-32,48H,10-16,22-23,25-26H2,1-3H3,(H,50,54). The van der Waals surface area contributed by atoms with Crippen molar-refractivity contribution in [3.05, 3.63) is 99.4 Å². The van der Waals surface area contributed by atoms with E-state index in [4.69, 9.17) is 37.8 Å². The monoisotopic (exact) mass is 799 g/mol. The number of nitrogens with one attached hydrogen (secondary N) is 2. The number of fused-ring (bicyclic) bond motifs is 1. The van der Waals surface area contributed by atoms with Gasteiger partial charge in [-0.1, -0.05) is 53.5 Å². The number of rotatable bonds is 15. The van der Waals surface area contributed by atoms with Crippen LogP contribution in [-0.4, -0.2) is 66.8 Å². The van der Waals surface area contributed by atoms with Gasteiger partial charge in [-0.05, 0) is 92.1 Å². The summed E-state index contributed by atoms with van der Waals surface area (Å²) in [6.45, 7) is 1.95. The van der Waals surface area contributed by atoms with E-state index in [0.29, 0.717) is 76.9 Å². The lowest BCUT2D eigenvalue weighted by molar-refractivity contribution is -0.119. The van der Waals surface area contributed by atoms with Crippen molar-refractivity contribution in [1.82, 2.24) is 25.3 Å². The molecule has 2 N–H and O–H groups in total. The average Bonchev–Trinajstić information content (AvgIpc) is 3.82. The van der Waals surface area contributed by atoms with E-state index in [1.165, 1.54) is 13.2 Å². The van der Waals surface area contributed by atoms with Crippen LogP contribution < -0.4 is 20.1 Å². The molecule has 2 aliphatic rings. The summed E-state index contributed by atoms with van der Waals surface area (Å²) >= 11 is 14.1. The van der Waals surface area contributed by atoms with Gasteiger partial charge in [0.2, 0.25) is 5.91 Å². The van der Waals surface area contributed by atoms with Crippen LogP contribution in [0.5, 0.6) is 11.5 Å². The molecule has 5 aromatic rings. The number of nitrogens with zero attached hydrogens (tertiary/aromatic N) is 3. The summed E-state index contributed by atoms with van der Waals surface area (Å²) in [6.07, 6.45) is 9.14. The minimum atomic E-state index is -0.406. The lowest BCUT2D eigenvalue weighted by atomic mass is 9.84. The minimum absolute atomic E-state index is 0.0385. The van der Waals surface area contributed by atoms with Gasteiger partial charge in [0.05, 0.1) is 37.5 Å². The number of carbonyl (C=O) groups is 2. The SMILES string of the molecule is COc1cc(Cn2ncc3c(-c4cccc(-c5cc(F)c(CNCC6CCC(=O)N6)c(OC)c5)c4Cl)cccc32)c(Cl)cc1CN(C)C1CCC(CC=O)CC1. The van der Waals surface area contributed by atoms with Gasteiger partial charge in [-0.2, -0.15) is 5.10 Å². The first-order valence-electron chi connectivity index (χ1n) is 19.3. The number of methoxy groups -OCH3 is 2. The Kier molecular flexibility index (Phi) is 12.6. The van der Waals surface area contributed by atoms with Gasteiger partial charge >= 0.3 is 0 Å². The zero-order valence-corrected chi connectivity index (χ0v) is 33.6. The first-order valence-corrected chi connectivity index (χ1v) is 20.0. The normalized spacial score (nSPS) is 18.4. The molecule has 2 heterocycles. The molecule has 1 amide bonds. The predicted molar refractivity (Wildman–Crippen MR) is 220 cm³/mol. The van der Waals surface area contributed by atoms with Crippen molar-refractivity contribution in [2.45, 2.75) is 76.7 Å². The van der Waals surface area contributed by atoms with Crippen LogP contribution in [0, 0.1) is 11.7 Å². The molecule has 1 saturated carbocycles. The zero-order chi connectivity index (χ0) is 39.3. The van der Waals surface area contributed by atoms with Crippen molar-refractivity contribution < 1.29 is 23.5 Å². The van der Waals surface area contributed by atoms with Crippen LogP contribution in [0.2, 0.25) is 10.0 Å². The average molecular weight is 801 g/mol. The number of ether oxygens (including phenoxy) is 2. The molecule has 0 spiro atoms. The lowest BCUT2D eigenvalue weighted by Gasteiger charge is -2.34. The number of aromatic nitrogens is 2. The fourth-order valence-corrected chi connectivity index (χ4v) is 8.92. The highest BCUT2D eigenvalue weighted by molar-refractivity contribution is 6.36. The Labute approximate surface area is 337 Å². The molecule has 12 heteroatoms. The maximum atomic E-state index is 15.7. The molecule has 1 atom stereocenters. The highest BCUT2D eigenvalue weighted by Crippen LogP contribution is 2.41. The molecule has 56 heavy (non-hydrogen) atoms. The van der Waals surface area contributed by atoms with Crippen molar-refractivity contribution in [3.8, 4) is 33.8 Å². The van der Waals surface area contributed by atoms with E-state index < -0.39 is 5.82 Å². The number of hydrogen-bond acceptors (Lipinski definition) is 7. The van der Waals surface area contributed by atoms with Crippen LogP contribution in [0.1, 0.15) is 61.6 Å². The van der Waals surface area contributed by atoms with Crippen molar-refractivity contribution in [2.75, 3.05) is 27.8 Å². The Bertz CT molecular complexity index is 2220. The summed E-state index contributed by atoms with van der Waals surface area (Å²) in [5, 5.41) is 13.0. The summed E-state index contributed by atoms with van der Waals surface area (Å²) < 4.78 is 29.1. The van der Waals surface area contributed by atoms with Crippen LogP contribution in [0.25, 0.3) is 33.2 Å². The summed E-state index contributed by atoms with van der Waals surface area (Å²) in [7, 11) is 5.36. The van der Waals surface area contributed by atoms with E-state index in [1.54, 1.807) is 7.11 Å². The van der Waals surface area contributed by atoms with Crippen LogP contribution in [-0.2, 0) is 29.2 Å². The minimum Gasteiger partial charge on any atom is -0.496 e. The van der Waals surface area contributed by atoms with Crippen LogP contribution in [0.3, 0.4) is 0 Å². The third-order valence-electron chi connectivity index (χ3n) is 11.5. The van der Waals surface area contributed by atoms with Gasteiger partial charge in [-0.15, -0.1) is 0 Å². The third kappa shape index (κ3) is 8.59. The number of hydrogen-bond donors (Lipinski definition) is 2. The van der Waals surface area contributed by atoms with Gasteiger partial charge in [0.25, 0.3) is 0 Å². The van der Waals surface area contributed by atoms with E-state index in [-0.39, 0.29) is 18.5 Å². The van der Waals surface area contributed by atoms with E-state index in [0.717, 1.165) is 77.3 Å². The molecule has 0 bridgehead atoms. The highest BCUT2D eigenvalue weighted by Gasteiger charge is 2.26. The second kappa shape index (κ2) is 17.8. The summed E-state index contributed by atoms with van der Waals surface area (Å²) in [5.74, 6) is 1.34. The number of carbonyl (C=O) groups excluding carboxylic acids is 2. The number of benzene rings is 4.